The summed E-state index contributed by atoms with van der Waals surface area (Å²) in [5.41, 5.74) is 4.59. The van der Waals surface area contributed by atoms with Crippen molar-refractivity contribution in [2.75, 3.05) is 19.8 Å². The normalized spacial score (nSPS) is 30.1. The van der Waals surface area contributed by atoms with E-state index in [0.717, 1.165) is 0 Å². The number of carbonyl (C=O) groups excluding carboxylic acids is 1. The standard InChI is InChI=1S/C5H11NO5.C5H11NO3/c6-5(11)4(10)3(9)2(8)1-7;7-2-3-5(9)4(8)1-6-3/h2-4,7-10H,1H2,(H2,6,11);3-9H,1-2H2/t2-,3-,4+;3-,4-,5-/m11/s1. The first kappa shape index (κ1) is 19.1. The van der Waals surface area contributed by atoms with Crippen LogP contribution in [0.15, 0.2) is 0 Å². The number of β-amino-alcohol motifs (C(OH)–C–C–N with tert-alkyl or cyclic N) is 1. The first-order valence-electron chi connectivity index (χ1n) is 5.91. The van der Waals surface area contributed by atoms with Crippen LogP contribution in [0.3, 0.4) is 0 Å². The van der Waals surface area contributed by atoms with Crippen LogP contribution in [-0.2, 0) is 4.79 Å². The van der Waals surface area contributed by atoms with Gasteiger partial charge in [-0.25, -0.2) is 0 Å². The van der Waals surface area contributed by atoms with Crippen LogP contribution in [0.1, 0.15) is 0 Å². The third-order valence-electron chi connectivity index (χ3n) is 2.79. The van der Waals surface area contributed by atoms with Crippen molar-refractivity contribution in [2.24, 2.45) is 5.73 Å². The molecule has 0 bridgehead atoms. The van der Waals surface area contributed by atoms with E-state index in [1.165, 1.54) is 0 Å². The van der Waals surface area contributed by atoms with E-state index in [1.54, 1.807) is 0 Å². The van der Waals surface area contributed by atoms with Gasteiger partial charge in [-0.05, 0) is 0 Å². The second-order valence-electron chi connectivity index (χ2n) is 4.34. The minimum Gasteiger partial charge on any atom is -0.395 e. The average Bonchev–Trinajstić information content (AvgIpc) is 2.76. The Balaban J connectivity index is 0.000000367. The number of aliphatic hydroxyl groups excluding tert-OH is 7. The molecule has 10 N–H and O–H groups in total. The summed E-state index contributed by atoms with van der Waals surface area (Å²) >= 11 is 0. The number of amides is 1. The van der Waals surface area contributed by atoms with E-state index < -0.39 is 43.0 Å². The first-order valence-corrected chi connectivity index (χ1v) is 5.91. The minimum atomic E-state index is -1.85. The zero-order chi connectivity index (χ0) is 15.9. The molecule has 1 saturated heterocycles. The van der Waals surface area contributed by atoms with Gasteiger partial charge < -0.3 is 46.8 Å². The third kappa shape index (κ3) is 5.64. The fourth-order valence-corrected chi connectivity index (χ4v) is 1.44. The van der Waals surface area contributed by atoms with Gasteiger partial charge in [0.15, 0.2) is 6.10 Å². The summed E-state index contributed by atoms with van der Waals surface area (Å²) in [6, 6.07) is -0.347. The molecular weight excluding hydrogens is 276 g/mol. The van der Waals surface area contributed by atoms with E-state index in [4.69, 9.17) is 35.7 Å². The highest BCUT2D eigenvalue weighted by molar-refractivity contribution is 5.79. The summed E-state index contributed by atoms with van der Waals surface area (Å²) in [5, 5.41) is 63.6. The van der Waals surface area contributed by atoms with Crippen molar-refractivity contribution >= 4 is 5.91 Å². The van der Waals surface area contributed by atoms with Crippen LogP contribution in [-0.4, -0.2) is 98.0 Å². The lowest BCUT2D eigenvalue weighted by molar-refractivity contribution is -0.139. The molecule has 0 radical (unpaired) electrons. The quantitative estimate of drug-likeness (QED) is 0.237. The molecule has 10 nitrogen and oxygen atoms in total. The van der Waals surface area contributed by atoms with Crippen LogP contribution < -0.4 is 11.1 Å². The molecule has 20 heavy (non-hydrogen) atoms. The van der Waals surface area contributed by atoms with Crippen molar-refractivity contribution in [3.8, 4) is 0 Å². The summed E-state index contributed by atoms with van der Waals surface area (Å²) in [7, 11) is 0. The smallest absolute Gasteiger partial charge is 0.249 e. The maximum atomic E-state index is 10.2. The van der Waals surface area contributed by atoms with Gasteiger partial charge in [0.2, 0.25) is 5.91 Å². The highest BCUT2D eigenvalue weighted by Gasteiger charge is 2.31. The van der Waals surface area contributed by atoms with Crippen molar-refractivity contribution in [3.05, 3.63) is 0 Å². The number of hydrogen-bond donors (Lipinski definition) is 9. The molecule has 1 heterocycles. The van der Waals surface area contributed by atoms with Crippen molar-refractivity contribution in [1.29, 1.82) is 0 Å². The molecule has 10 heteroatoms. The van der Waals surface area contributed by atoms with Gasteiger partial charge >= 0.3 is 0 Å². The number of nitrogens with two attached hydrogens (primary N) is 1. The molecule has 1 aliphatic heterocycles. The molecule has 1 rings (SSSR count). The minimum absolute atomic E-state index is 0.127. The lowest BCUT2D eigenvalue weighted by atomic mass is 10.1. The van der Waals surface area contributed by atoms with E-state index >= 15 is 0 Å². The van der Waals surface area contributed by atoms with Gasteiger partial charge in [0.25, 0.3) is 0 Å². The molecule has 0 aromatic rings. The van der Waals surface area contributed by atoms with Gasteiger partial charge in [-0.15, -0.1) is 0 Å². The summed E-state index contributed by atoms with van der Waals surface area (Å²) in [4.78, 5) is 10.2. The average molecular weight is 298 g/mol. The fraction of sp³-hybridized carbons (Fsp3) is 0.900. The fourth-order valence-electron chi connectivity index (χ4n) is 1.44. The van der Waals surface area contributed by atoms with Crippen molar-refractivity contribution < 1.29 is 40.5 Å². The number of primary amides is 1. The molecule has 0 aromatic carbocycles. The lowest BCUT2D eigenvalue weighted by Gasteiger charge is -2.18. The van der Waals surface area contributed by atoms with E-state index in [9.17, 15) is 4.79 Å². The second-order valence-corrected chi connectivity index (χ2v) is 4.34. The Morgan fingerprint density at radius 1 is 1.25 bits per heavy atom. The molecule has 1 aliphatic rings. The molecule has 0 saturated carbocycles. The SMILES string of the molecule is NC(=O)[C@@H](O)[C@H](O)[C@H](O)CO.OC[C@H]1NC[C@@H](O)[C@@H]1O. The number of rotatable bonds is 5. The molecule has 1 fully saturated rings. The summed E-state index contributed by atoms with van der Waals surface area (Å²) in [6.45, 7) is -0.504. The molecule has 120 valence electrons. The van der Waals surface area contributed by atoms with Crippen LogP contribution in [0, 0.1) is 0 Å². The largest absolute Gasteiger partial charge is 0.395 e. The van der Waals surface area contributed by atoms with Crippen molar-refractivity contribution in [1.82, 2.24) is 5.32 Å². The van der Waals surface area contributed by atoms with Crippen LogP contribution >= 0.6 is 0 Å². The summed E-state index contributed by atoms with van der Waals surface area (Å²) in [6.07, 6.45) is -6.68. The molecule has 0 spiro atoms. The van der Waals surface area contributed by atoms with Crippen molar-refractivity contribution in [3.63, 3.8) is 0 Å². The van der Waals surface area contributed by atoms with Gasteiger partial charge in [-0.3, -0.25) is 4.79 Å². The van der Waals surface area contributed by atoms with Gasteiger partial charge in [-0.1, -0.05) is 0 Å². The molecule has 1 amide bonds. The van der Waals surface area contributed by atoms with Crippen molar-refractivity contribution in [2.45, 2.75) is 36.6 Å². The van der Waals surface area contributed by atoms with Gasteiger partial charge in [0.05, 0.1) is 31.5 Å². The predicted molar refractivity (Wildman–Crippen MR) is 65.2 cm³/mol. The predicted octanol–water partition coefficient (Wildman–Crippen LogP) is -5.78. The Morgan fingerprint density at radius 2 is 1.80 bits per heavy atom. The van der Waals surface area contributed by atoms with E-state index in [2.05, 4.69) is 11.1 Å². The Kier molecular flexibility index (Phi) is 8.76. The van der Waals surface area contributed by atoms with Gasteiger partial charge in [0, 0.05) is 6.54 Å². The Hall–Kier alpha value is -0.850. The molecule has 0 unspecified atom stereocenters. The van der Waals surface area contributed by atoms with E-state index in [1.807, 2.05) is 0 Å². The molecule has 6 atom stereocenters. The number of nitrogens with one attached hydrogen (secondary N) is 1. The Labute approximate surface area is 115 Å². The maximum absolute atomic E-state index is 10.2. The van der Waals surface area contributed by atoms with Crippen LogP contribution in [0.5, 0.6) is 0 Å². The zero-order valence-corrected chi connectivity index (χ0v) is 10.7. The van der Waals surface area contributed by atoms with Crippen LogP contribution in [0.2, 0.25) is 0 Å². The maximum Gasteiger partial charge on any atom is 0.249 e. The summed E-state index contributed by atoms with van der Waals surface area (Å²) in [5.74, 6) is -1.15. The number of aliphatic hydroxyl groups is 7. The van der Waals surface area contributed by atoms with Gasteiger partial charge in [-0.2, -0.15) is 0 Å². The molecule has 0 aromatic heterocycles. The number of hydrogen-bond acceptors (Lipinski definition) is 9. The number of carbonyl (C=O) groups is 1. The topological polar surface area (TPSA) is 197 Å². The van der Waals surface area contributed by atoms with Crippen LogP contribution in [0.25, 0.3) is 0 Å². The highest BCUT2D eigenvalue weighted by Crippen LogP contribution is 2.05. The first-order chi connectivity index (χ1) is 9.26. The van der Waals surface area contributed by atoms with Crippen LogP contribution in [0.4, 0.5) is 0 Å². The second kappa shape index (κ2) is 9.15. The Morgan fingerprint density at radius 3 is 2.05 bits per heavy atom. The van der Waals surface area contributed by atoms with E-state index in [-0.39, 0.29) is 12.6 Å². The molecular formula is C10H22N2O8. The highest BCUT2D eigenvalue weighted by atomic mass is 16.4. The monoisotopic (exact) mass is 298 g/mol. The summed E-state index contributed by atoms with van der Waals surface area (Å²) < 4.78 is 0. The zero-order valence-electron chi connectivity index (χ0n) is 10.7. The lowest BCUT2D eigenvalue weighted by Crippen LogP contribution is -2.46. The molecule has 0 aliphatic carbocycles. The Bertz CT molecular complexity index is 292. The van der Waals surface area contributed by atoms with E-state index in [0.29, 0.717) is 6.54 Å². The van der Waals surface area contributed by atoms with Gasteiger partial charge in [0.1, 0.15) is 12.2 Å². The third-order valence-corrected chi connectivity index (χ3v) is 2.79.